The maximum absolute atomic E-state index is 11.8. The van der Waals surface area contributed by atoms with Crippen molar-refractivity contribution in [1.82, 2.24) is 4.89 Å². The Balaban J connectivity index is 2.64. The van der Waals surface area contributed by atoms with Crippen LogP contribution in [0.2, 0.25) is 0 Å². The van der Waals surface area contributed by atoms with Crippen LogP contribution in [0.1, 0.15) is 13.8 Å². The lowest BCUT2D eigenvalue weighted by Crippen LogP contribution is -2.29. The maximum atomic E-state index is 11.8. The van der Waals surface area contributed by atoms with Crippen molar-refractivity contribution in [3.63, 3.8) is 0 Å². The fourth-order valence-corrected chi connectivity index (χ4v) is 2.01. The van der Waals surface area contributed by atoms with Crippen LogP contribution in [0.4, 0.5) is 0 Å². The summed E-state index contributed by atoms with van der Waals surface area (Å²) in [6, 6.07) is 5.85. The number of nitrogens with two attached hydrogens (primary N) is 1. The highest BCUT2D eigenvalue weighted by molar-refractivity contribution is 7.89. The van der Waals surface area contributed by atoms with Gasteiger partial charge in [0.15, 0.2) is 0 Å². The lowest BCUT2D eigenvalue weighted by atomic mass is 10.2. The fourth-order valence-electron chi connectivity index (χ4n) is 1.20. The highest BCUT2D eigenvalue weighted by Gasteiger charge is 2.14. The smallest absolute Gasteiger partial charge is 0.262 e. The SMILES string of the molecule is CC(C)COc1ccc(S(=O)(=O)NOCC(N)=O)cc1. The molecule has 0 atom stereocenters. The molecule has 0 fully saturated rings. The molecule has 0 aliphatic carbocycles. The summed E-state index contributed by atoms with van der Waals surface area (Å²) in [6.07, 6.45) is 0. The van der Waals surface area contributed by atoms with Crippen LogP contribution >= 0.6 is 0 Å². The van der Waals surface area contributed by atoms with Gasteiger partial charge in [-0.3, -0.25) is 9.63 Å². The van der Waals surface area contributed by atoms with Crippen molar-refractivity contribution in [1.29, 1.82) is 0 Å². The summed E-state index contributed by atoms with van der Waals surface area (Å²) in [4.78, 5) is 16.7. The van der Waals surface area contributed by atoms with Gasteiger partial charge in [0.05, 0.1) is 11.5 Å². The molecule has 1 amide bonds. The first-order chi connectivity index (χ1) is 9.31. The van der Waals surface area contributed by atoms with Crippen LogP contribution in [-0.4, -0.2) is 27.5 Å². The summed E-state index contributed by atoms with van der Waals surface area (Å²) in [5.41, 5.74) is 4.82. The number of nitrogens with one attached hydrogen (secondary N) is 1. The average molecular weight is 302 g/mol. The standard InChI is InChI=1S/C12H18N2O5S/c1-9(2)7-18-10-3-5-11(6-4-10)20(16,17)14-19-8-12(13)15/h3-6,9,14H,7-8H2,1-2H3,(H2,13,15). The Labute approximate surface area is 118 Å². The molecular formula is C12H18N2O5S. The van der Waals surface area contributed by atoms with E-state index in [0.717, 1.165) is 0 Å². The summed E-state index contributed by atoms with van der Waals surface area (Å²) >= 11 is 0. The number of carbonyl (C=O) groups is 1. The molecule has 0 bridgehead atoms. The van der Waals surface area contributed by atoms with Crippen LogP contribution in [0, 0.1) is 5.92 Å². The largest absolute Gasteiger partial charge is 0.493 e. The molecule has 3 N–H and O–H groups in total. The van der Waals surface area contributed by atoms with Crippen molar-refractivity contribution in [3.8, 4) is 5.75 Å². The van der Waals surface area contributed by atoms with Gasteiger partial charge < -0.3 is 10.5 Å². The summed E-state index contributed by atoms with van der Waals surface area (Å²) in [5, 5.41) is 0. The van der Waals surface area contributed by atoms with Crippen molar-refractivity contribution >= 4 is 15.9 Å². The Hall–Kier alpha value is -1.64. The van der Waals surface area contributed by atoms with Crippen LogP contribution in [-0.2, 0) is 19.7 Å². The molecule has 1 aromatic carbocycles. The number of hydrogen-bond donors (Lipinski definition) is 2. The summed E-state index contributed by atoms with van der Waals surface area (Å²) in [5.74, 6) is 0.183. The normalized spacial score (nSPS) is 11.6. The van der Waals surface area contributed by atoms with Gasteiger partial charge in [-0.05, 0) is 30.2 Å². The second-order valence-electron chi connectivity index (χ2n) is 4.52. The van der Waals surface area contributed by atoms with Gasteiger partial charge in [-0.15, -0.1) is 0 Å². The first-order valence-electron chi connectivity index (χ1n) is 5.96. The zero-order valence-corrected chi connectivity index (χ0v) is 12.1. The second kappa shape index (κ2) is 7.22. The molecule has 1 rings (SSSR count). The maximum Gasteiger partial charge on any atom is 0.262 e. The minimum atomic E-state index is -3.84. The van der Waals surface area contributed by atoms with Gasteiger partial charge in [0.2, 0.25) is 5.91 Å². The molecule has 1 aromatic rings. The van der Waals surface area contributed by atoms with Gasteiger partial charge in [-0.2, -0.15) is 0 Å². The molecule has 0 saturated heterocycles. The molecule has 8 heteroatoms. The molecule has 0 radical (unpaired) electrons. The third-order valence-electron chi connectivity index (χ3n) is 2.10. The van der Waals surface area contributed by atoms with E-state index in [4.69, 9.17) is 10.5 Å². The van der Waals surface area contributed by atoms with Crippen LogP contribution in [0.3, 0.4) is 0 Å². The molecule has 0 spiro atoms. The molecule has 0 aromatic heterocycles. The summed E-state index contributed by atoms with van der Waals surface area (Å²) < 4.78 is 29.0. The van der Waals surface area contributed by atoms with Crippen molar-refractivity contribution in [2.24, 2.45) is 11.7 Å². The lowest BCUT2D eigenvalue weighted by Gasteiger charge is -2.10. The van der Waals surface area contributed by atoms with Gasteiger partial charge in [-0.1, -0.05) is 18.7 Å². The van der Waals surface area contributed by atoms with E-state index in [1.54, 1.807) is 17.0 Å². The minimum Gasteiger partial charge on any atom is -0.493 e. The van der Waals surface area contributed by atoms with Crippen molar-refractivity contribution in [3.05, 3.63) is 24.3 Å². The first-order valence-corrected chi connectivity index (χ1v) is 7.44. The van der Waals surface area contributed by atoms with Gasteiger partial charge in [0.25, 0.3) is 10.0 Å². The predicted molar refractivity (Wildman–Crippen MR) is 72.2 cm³/mol. The highest BCUT2D eigenvalue weighted by Crippen LogP contribution is 2.16. The van der Waals surface area contributed by atoms with E-state index in [1.807, 2.05) is 13.8 Å². The van der Waals surface area contributed by atoms with Gasteiger partial charge in [0, 0.05) is 0 Å². The zero-order valence-electron chi connectivity index (χ0n) is 11.3. The highest BCUT2D eigenvalue weighted by atomic mass is 32.2. The Morgan fingerprint density at radius 3 is 2.40 bits per heavy atom. The molecule has 0 unspecified atom stereocenters. The van der Waals surface area contributed by atoms with E-state index in [2.05, 4.69) is 4.84 Å². The number of carbonyl (C=O) groups excluding carboxylic acids is 1. The van der Waals surface area contributed by atoms with Crippen LogP contribution in [0.25, 0.3) is 0 Å². The Morgan fingerprint density at radius 2 is 1.90 bits per heavy atom. The van der Waals surface area contributed by atoms with Crippen LogP contribution in [0.15, 0.2) is 29.2 Å². The lowest BCUT2D eigenvalue weighted by molar-refractivity contribution is -0.123. The van der Waals surface area contributed by atoms with E-state index >= 15 is 0 Å². The molecule has 7 nitrogen and oxygen atoms in total. The summed E-state index contributed by atoms with van der Waals surface area (Å²) in [6.45, 7) is 4.04. The molecule has 112 valence electrons. The number of benzene rings is 1. The molecular weight excluding hydrogens is 284 g/mol. The van der Waals surface area contributed by atoms with Gasteiger partial charge in [0.1, 0.15) is 12.4 Å². The number of rotatable bonds is 8. The van der Waals surface area contributed by atoms with E-state index < -0.39 is 22.5 Å². The van der Waals surface area contributed by atoms with Crippen molar-refractivity contribution in [2.75, 3.05) is 13.2 Å². The number of hydrogen-bond acceptors (Lipinski definition) is 5. The topological polar surface area (TPSA) is 108 Å². The molecule has 0 saturated carbocycles. The van der Waals surface area contributed by atoms with Crippen LogP contribution < -0.4 is 15.4 Å². The minimum absolute atomic E-state index is 0.00105. The van der Waals surface area contributed by atoms with E-state index in [0.29, 0.717) is 18.3 Å². The zero-order chi connectivity index (χ0) is 15.2. The van der Waals surface area contributed by atoms with Crippen LogP contribution in [0.5, 0.6) is 5.75 Å². The van der Waals surface area contributed by atoms with Crippen molar-refractivity contribution in [2.45, 2.75) is 18.7 Å². The molecule has 0 aliphatic heterocycles. The Morgan fingerprint density at radius 1 is 1.30 bits per heavy atom. The van der Waals surface area contributed by atoms with E-state index in [1.165, 1.54) is 12.1 Å². The second-order valence-corrected chi connectivity index (χ2v) is 6.16. The number of amides is 1. The summed E-state index contributed by atoms with van der Waals surface area (Å²) in [7, 11) is -3.84. The van der Waals surface area contributed by atoms with Gasteiger partial charge in [-0.25, -0.2) is 8.42 Å². The van der Waals surface area contributed by atoms with E-state index in [9.17, 15) is 13.2 Å². The molecule has 0 aliphatic rings. The molecule has 20 heavy (non-hydrogen) atoms. The Bertz CT molecular complexity index is 539. The third-order valence-corrected chi connectivity index (χ3v) is 3.33. The van der Waals surface area contributed by atoms with E-state index in [-0.39, 0.29) is 4.90 Å². The quantitative estimate of drug-likeness (QED) is 0.676. The Kier molecular flexibility index (Phi) is 5.93. The fraction of sp³-hybridized carbons (Fsp3) is 0.417. The first kappa shape index (κ1) is 16.4. The monoisotopic (exact) mass is 302 g/mol. The number of ether oxygens (including phenoxy) is 1. The average Bonchev–Trinajstić information content (AvgIpc) is 2.36. The molecule has 0 heterocycles. The number of sulfonamides is 1. The van der Waals surface area contributed by atoms with Gasteiger partial charge >= 0.3 is 0 Å². The third kappa shape index (κ3) is 5.55. The predicted octanol–water partition coefficient (Wildman–Crippen LogP) is 0.417. The van der Waals surface area contributed by atoms with Crippen molar-refractivity contribution < 1.29 is 22.8 Å². The number of primary amides is 1.